The van der Waals surface area contributed by atoms with Crippen molar-refractivity contribution >= 4 is 28.0 Å². The number of non-ortho nitro benzene ring substituents is 1. The van der Waals surface area contributed by atoms with Crippen molar-refractivity contribution < 1.29 is 4.92 Å². The highest BCUT2D eigenvalue weighted by atomic mass is 16.6. The zero-order valence-electron chi connectivity index (χ0n) is 17.9. The smallest absolute Gasteiger partial charge is 0.277 e. The number of hydrogen-bond acceptors (Lipinski definition) is 4. The van der Waals surface area contributed by atoms with Crippen molar-refractivity contribution in [2.75, 3.05) is 19.6 Å². The summed E-state index contributed by atoms with van der Waals surface area (Å²) in [5, 5.41) is 13.1. The van der Waals surface area contributed by atoms with Crippen molar-refractivity contribution in [3.8, 4) is 0 Å². The molecule has 4 saturated heterocycles. The number of hydrogen-bond donors (Lipinski definition) is 0. The quantitative estimate of drug-likeness (QED) is 0.501. The summed E-state index contributed by atoms with van der Waals surface area (Å²) in [5.41, 5.74) is 1.03. The van der Waals surface area contributed by atoms with Crippen LogP contribution >= 0.6 is 0 Å². The highest BCUT2D eigenvalue weighted by Gasteiger charge is 2.49. The van der Waals surface area contributed by atoms with E-state index in [9.17, 15) is 10.1 Å². The van der Waals surface area contributed by atoms with Gasteiger partial charge in [-0.2, -0.15) is 0 Å². The summed E-state index contributed by atoms with van der Waals surface area (Å²) < 4.78 is 0. The van der Waals surface area contributed by atoms with Crippen LogP contribution < -0.4 is 0 Å². The molecule has 31 heavy (non-hydrogen) atoms. The standard InChI is InChI=1S/C25H30N4O2/c30-29(31)23-13-12-21(18-7-1-2-8-19(18)23)26-24-11-3-10-22-20-9-5-15-27-14-4-6-17(25(20)27)16-28(22)24/h1-2,7-8,12-13,17,20,22,25H,3-6,9-11,14-16H2/t17-,20-,22-,25+/m1/s1. The van der Waals surface area contributed by atoms with E-state index < -0.39 is 0 Å². The average Bonchev–Trinajstić information content (AvgIpc) is 2.80. The minimum absolute atomic E-state index is 0.159. The van der Waals surface area contributed by atoms with E-state index in [2.05, 4.69) is 9.80 Å². The molecule has 4 atom stereocenters. The van der Waals surface area contributed by atoms with Gasteiger partial charge in [0.25, 0.3) is 5.69 Å². The number of amidine groups is 1. The molecule has 4 aliphatic rings. The molecule has 2 aromatic rings. The minimum Gasteiger partial charge on any atom is -0.356 e. The summed E-state index contributed by atoms with van der Waals surface area (Å²) in [5.74, 6) is 2.73. The predicted octanol–water partition coefficient (Wildman–Crippen LogP) is 5.14. The number of nitro groups is 1. The van der Waals surface area contributed by atoms with Crippen molar-refractivity contribution in [2.24, 2.45) is 16.8 Å². The predicted molar refractivity (Wildman–Crippen MR) is 123 cm³/mol. The fourth-order valence-corrected chi connectivity index (χ4v) is 7.06. The molecule has 0 radical (unpaired) electrons. The van der Waals surface area contributed by atoms with Crippen LogP contribution in [-0.4, -0.2) is 52.3 Å². The Balaban J connectivity index is 1.39. The highest BCUT2D eigenvalue weighted by molar-refractivity contribution is 6.01. The number of aliphatic imine (C=N–C) groups is 1. The van der Waals surface area contributed by atoms with E-state index in [1.807, 2.05) is 30.3 Å². The van der Waals surface area contributed by atoms with Crippen molar-refractivity contribution in [1.82, 2.24) is 9.80 Å². The molecular formula is C25H30N4O2. The van der Waals surface area contributed by atoms with Crippen molar-refractivity contribution in [2.45, 2.75) is 57.0 Å². The minimum atomic E-state index is -0.293. The molecule has 0 N–H and O–H groups in total. The Morgan fingerprint density at radius 1 is 0.968 bits per heavy atom. The van der Waals surface area contributed by atoms with Crippen LogP contribution in [0.2, 0.25) is 0 Å². The SMILES string of the molecule is O=[N+]([O-])c1ccc(N=C2CCC[C@@H]3[C@H]4CCCN5CCC[C@H](CN23)[C@@H]45)c2ccccc12. The first-order valence-corrected chi connectivity index (χ1v) is 11.9. The third-order valence-electron chi connectivity index (χ3n) is 8.23. The lowest BCUT2D eigenvalue weighted by atomic mass is 9.68. The summed E-state index contributed by atoms with van der Waals surface area (Å²) in [6, 6.07) is 12.5. The molecule has 6 nitrogen and oxygen atoms in total. The Bertz CT molecular complexity index is 1050. The van der Waals surface area contributed by atoms with Gasteiger partial charge in [0, 0.05) is 36.5 Å². The zero-order chi connectivity index (χ0) is 20.9. The maximum atomic E-state index is 11.5. The van der Waals surface area contributed by atoms with E-state index in [0.717, 1.165) is 41.9 Å². The van der Waals surface area contributed by atoms with Crippen molar-refractivity contribution in [3.63, 3.8) is 0 Å². The topological polar surface area (TPSA) is 62.0 Å². The Kier molecular flexibility index (Phi) is 4.71. The van der Waals surface area contributed by atoms with Crippen LogP contribution in [0.5, 0.6) is 0 Å². The summed E-state index contributed by atoms with van der Waals surface area (Å²) in [4.78, 5) is 21.8. The second-order valence-corrected chi connectivity index (χ2v) is 9.78. The van der Waals surface area contributed by atoms with Gasteiger partial charge in [0.05, 0.1) is 16.0 Å². The van der Waals surface area contributed by atoms with Gasteiger partial charge in [-0.1, -0.05) is 18.2 Å². The lowest BCUT2D eigenvalue weighted by molar-refractivity contribution is -0.383. The normalized spacial score (nSPS) is 32.0. The van der Waals surface area contributed by atoms with Gasteiger partial charge in [-0.25, -0.2) is 4.99 Å². The summed E-state index contributed by atoms with van der Waals surface area (Å²) >= 11 is 0. The molecule has 0 aliphatic carbocycles. The van der Waals surface area contributed by atoms with Crippen molar-refractivity contribution in [3.05, 3.63) is 46.5 Å². The molecule has 2 aromatic carbocycles. The monoisotopic (exact) mass is 418 g/mol. The van der Waals surface area contributed by atoms with Gasteiger partial charge in [0.2, 0.25) is 0 Å². The molecule has 0 amide bonds. The molecule has 0 saturated carbocycles. The van der Waals surface area contributed by atoms with Gasteiger partial charge in [-0.05, 0) is 75.6 Å². The highest BCUT2D eigenvalue weighted by Crippen LogP contribution is 2.45. The van der Waals surface area contributed by atoms with Crippen LogP contribution in [0.15, 0.2) is 41.4 Å². The molecular weight excluding hydrogens is 388 g/mol. The van der Waals surface area contributed by atoms with Crippen LogP contribution in [0.4, 0.5) is 11.4 Å². The number of nitro benzene ring substituents is 1. The van der Waals surface area contributed by atoms with E-state index in [4.69, 9.17) is 4.99 Å². The maximum absolute atomic E-state index is 11.5. The van der Waals surface area contributed by atoms with E-state index in [0.29, 0.717) is 11.4 Å². The van der Waals surface area contributed by atoms with Crippen LogP contribution in [0.3, 0.4) is 0 Å². The van der Waals surface area contributed by atoms with Crippen LogP contribution in [0.1, 0.15) is 44.9 Å². The molecule has 4 fully saturated rings. The summed E-state index contributed by atoms with van der Waals surface area (Å²) in [7, 11) is 0. The van der Waals surface area contributed by atoms with Crippen LogP contribution in [0.25, 0.3) is 10.8 Å². The molecule has 4 heterocycles. The number of rotatable bonds is 2. The Hall–Kier alpha value is -2.47. The Morgan fingerprint density at radius 2 is 1.77 bits per heavy atom. The second-order valence-electron chi connectivity index (χ2n) is 9.78. The molecule has 4 aliphatic heterocycles. The first-order valence-electron chi connectivity index (χ1n) is 11.9. The lowest BCUT2D eigenvalue weighted by Gasteiger charge is -2.59. The average molecular weight is 419 g/mol. The van der Waals surface area contributed by atoms with Crippen molar-refractivity contribution in [1.29, 1.82) is 0 Å². The van der Waals surface area contributed by atoms with Gasteiger partial charge in [-0.15, -0.1) is 0 Å². The summed E-state index contributed by atoms with van der Waals surface area (Å²) in [6.45, 7) is 3.71. The number of piperidine rings is 4. The molecule has 0 bridgehead atoms. The van der Waals surface area contributed by atoms with Gasteiger partial charge in [0.15, 0.2) is 0 Å². The summed E-state index contributed by atoms with van der Waals surface area (Å²) in [6.07, 6.45) is 8.83. The number of fused-ring (bicyclic) bond motifs is 3. The third kappa shape index (κ3) is 3.15. The fourth-order valence-electron chi connectivity index (χ4n) is 7.06. The van der Waals surface area contributed by atoms with Gasteiger partial charge >= 0.3 is 0 Å². The van der Waals surface area contributed by atoms with Crippen LogP contribution in [-0.2, 0) is 0 Å². The molecule has 6 rings (SSSR count). The molecule has 6 heteroatoms. The molecule has 0 spiro atoms. The molecule has 0 aromatic heterocycles. The first-order chi connectivity index (χ1) is 15.2. The van der Waals surface area contributed by atoms with Gasteiger partial charge in [-0.3, -0.25) is 15.0 Å². The third-order valence-corrected chi connectivity index (χ3v) is 8.23. The lowest BCUT2D eigenvalue weighted by Crippen LogP contribution is -2.66. The first kappa shape index (κ1) is 19.2. The second kappa shape index (κ2) is 7.59. The maximum Gasteiger partial charge on any atom is 0.277 e. The van der Waals surface area contributed by atoms with Gasteiger partial charge in [0.1, 0.15) is 5.84 Å². The largest absolute Gasteiger partial charge is 0.356 e. The zero-order valence-corrected chi connectivity index (χ0v) is 17.9. The number of nitrogens with zero attached hydrogens (tertiary/aromatic N) is 4. The Morgan fingerprint density at radius 3 is 2.61 bits per heavy atom. The van der Waals surface area contributed by atoms with E-state index in [1.54, 1.807) is 6.07 Å². The number of benzene rings is 2. The van der Waals surface area contributed by atoms with Gasteiger partial charge < -0.3 is 4.90 Å². The van der Waals surface area contributed by atoms with E-state index in [1.165, 1.54) is 57.5 Å². The van der Waals surface area contributed by atoms with E-state index in [-0.39, 0.29) is 10.6 Å². The molecule has 0 unspecified atom stereocenters. The van der Waals surface area contributed by atoms with Crippen LogP contribution in [0, 0.1) is 22.0 Å². The fraction of sp³-hybridized carbons (Fsp3) is 0.560. The Labute approximate surface area is 183 Å². The molecule has 162 valence electrons. The van der Waals surface area contributed by atoms with E-state index >= 15 is 0 Å².